The summed E-state index contributed by atoms with van der Waals surface area (Å²) in [4.78, 5) is 63.3. The number of hydrogen-bond donors (Lipinski definition) is 3. The first-order chi connectivity index (χ1) is 21.3. The number of carbonyl (C=O) groups excluding carboxylic acids is 6. The van der Waals surface area contributed by atoms with Crippen LogP contribution in [-0.2, 0) is 70.2 Å². The third-order valence-corrected chi connectivity index (χ3v) is 7.91. The summed E-state index contributed by atoms with van der Waals surface area (Å²) in [6.45, 7) is 10.1. The molecule has 0 fully saturated rings. The Hall–Kier alpha value is -4.12. The lowest BCUT2D eigenvalue weighted by atomic mass is 10.4. The highest BCUT2D eigenvalue weighted by Gasteiger charge is 2.41. The van der Waals surface area contributed by atoms with E-state index in [9.17, 15) is 38.2 Å². The van der Waals surface area contributed by atoms with Crippen molar-refractivity contribution in [2.24, 2.45) is 0 Å². The van der Waals surface area contributed by atoms with Gasteiger partial charge in [0.25, 0.3) is 0 Å². The highest BCUT2D eigenvalue weighted by molar-refractivity contribution is 7.58. The average Bonchev–Trinajstić information content (AvgIpc) is 3.04. The van der Waals surface area contributed by atoms with Crippen LogP contribution in [0, 0.1) is 0 Å². The summed E-state index contributed by atoms with van der Waals surface area (Å²) in [5.74, 6) is -5.35. The van der Waals surface area contributed by atoms with Crippen LogP contribution >= 0.6 is 15.2 Å². The zero-order valence-corrected chi connectivity index (χ0v) is 29.0. The standard InChI is InChI=1S/C8H11NO3.2C7H14NO6P.C3H4O.2CH4/c1-4-5-7(8(11)12-3)9-6(2)10;2*1-5(9)8-6(7(10)12-2)15(11,13-3)14-4;1-2-3-4;;/h4-5H,1H2,2-3H3,(H,9,10);10H,1-4H3,(H,8,9);6H,1-4H3,(H,8,9);2-3H,1H2;2*1H4/p-1/b7-5-;;;;;. The van der Waals surface area contributed by atoms with E-state index in [-0.39, 0.29) is 26.5 Å². The van der Waals surface area contributed by atoms with Crippen LogP contribution in [0.5, 0.6) is 0 Å². The van der Waals surface area contributed by atoms with E-state index in [1.165, 1.54) is 39.2 Å². The normalized spacial score (nSPS) is 11.2. The van der Waals surface area contributed by atoms with Crippen molar-refractivity contribution in [3.8, 4) is 0 Å². The van der Waals surface area contributed by atoms with Crippen LogP contribution in [0.4, 0.5) is 0 Å². The maximum atomic E-state index is 11.8. The molecule has 3 amide bonds. The molecule has 21 heteroatoms. The van der Waals surface area contributed by atoms with E-state index in [0.29, 0.717) is 6.29 Å². The molecule has 3 N–H and O–H groups in total. The SMILES string of the molecule is C.C.C=C/C=C(\NC(C)=O)C(=O)OC.C=CC=O.COC(=O)C(NC(C)=O)P(=O)(OC)OC.COC([O-])=C(NC(C)=O)P(=O)(OC)OC. The Morgan fingerprint density at radius 1 is 0.708 bits per heavy atom. The van der Waals surface area contributed by atoms with Gasteiger partial charge in [0.05, 0.1) is 20.2 Å². The summed E-state index contributed by atoms with van der Waals surface area (Å²) in [5.41, 5.74) is -0.456. The fourth-order valence-corrected chi connectivity index (χ4v) is 4.58. The van der Waals surface area contributed by atoms with Crippen molar-refractivity contribution in [3.63, 3.8) is 0 Å². The van der Waals surface area contributed by atoms with Gasteiger partial charge in [0.2, 0.25) is 23.5 Å². The highest BCUT2D eigenvalue weighted by atomic mass is 31.2. The Morgan fingerprint density at radius 2 is 1.15 bits per heavy atom. The van der Waals surface area contributed by atoms with Crippen molar-refractivity contribution < 1.29 is 75.3 Å². The molecule has 0 aliphatic heterocycles. The van der Waals surface area contributed by atoms with Gasteiger partial charge in [-0.3, -0.25) is 28.3 Å². The van der Waals surface area contributed by atoms with Crippen LogP contribution < -0.4 is 21.1 Å². The van der Waals surface area contributed by atoms with E-state index in [2.05, 4.69) is 61.4 Å². The Morgan fingerprint density at radius 3 is 1.40 bits per heavy atom. The molecule has 0 bridgehead atoms. The predicted molar refractivity (Wildman–Crippen MR) is 175 cm³/mol. The fourth-order valence-electron chi connectivity index (χ4n) is 2.19. The van der Waals surface area contributed by atoms with Gasteiger partial charge in [0, 0.05) is 49.2 Å². The maximum Gasteiger partial charge on any atom is 0.378 e. The molecule has 0 aliphatic rings. The molecule has 0 aromatic rings. The van der Waals surface area contributed by atoms with Crippen molar-refractivity contribution in [2.45, 2.75) is 41.4 Å². The number of aldehydes is 1. The zero-order chi connectivity index (χ0) is 37.1. The molecule has 0 radical (unpaired) electrons. The molecule has 0 rings (SSSR count). The van der Waals surface area contributed by atoms with Crippen LogP contribution in [0.25, 0.3) is 0 Å². The highest BCUT2D eigenvalue weighted by Crippen LogP contribution is 2.54. The van der Waals surface area contributed by atoms with E-state index in [1.807, 2.05) is 0 Å². The average molecular weight is 735 g/mol. The second-order valence-electron chi connectivity index (χ2n) is 7.28. The zero-order valence-electron chi connectivity index (χ0n) is 27.2. The van der Waals surface area contributed by atoms with E-state index in [4.69, 9.17) is 4.79 Å². The van der Waals surface area contributed by atoms with Crippen LogP contribution in [0.15, 0.2) is 48.5 Å². The second kappa shape index (κ2) is 31.5. The number of rotatable bonds is 14. The van der Waals surface area contributed by atoms with Crippen molar-refractivity contribution in [1.29, 1.82) is 0 Å². The quantitative estimate of drug-likeness (QED) is 0.0574. The summed E-state index contributed by atoms with van der Waals surface area (Å²) in [6.07, 6.45) is 4.59. The lowest BCUT2D eigenvalue weighted by molar-refractivity contribution is -0.354. The minimum Gasteiger partial charge on any atom is -0.615 e. The molecule has 280 valence electrons. The van der Waals surface area contributed by atoms with E-state index < -0.39 is 56.1 Å². The van der Waals surface area contributed by atoms with Gasteiger partial charge in [-0.2, -0.15) is 0 Å². The van der Waals surface area contributed by atoms with Gasteiger partial charge in [-0.05, 0) is 19.3 Å². The Kier molecular flexibility index (Phi) is 36.9. The van der Waals surface area contributed by atoms with E-state index in [1.54, 1.807) is 0 Å². The molecule has 0 aromatic heterocycles. The number of allylic oxidation sites excluding steroid dienone is 3. The van der Waals surface area contributed by atoms with Crippen molar-refractivity contribution >= 4 is 51.1 Å². The summed E-state index contributed by atoms with van der Waals surface area (Å²) < 4.78 is 55.0. The Bertz CT molecular complexity index is 1180. The summed E-state index contributed by atoms with van der Waals surface area (Å²) in [6, 6.07) is 0. The monoisotopic (exact) mass is 734 g/mol. The van der Waals surface area contributed by atoms with Crippen LogP contribution in [0.3, 0.4) is 0 Å². The van der Waals surface area contributed by atoms with Gasteiger partial charge in [-0.15, -0.1) is 0 Å². The van der Waals surface area contributed by atoms with Gasteiger partial charge in [-0.1, -0.05) is 34.1 Å². The molecule has 48 heavy (non-hydrogen) atoms. The molecule has 0 saturated carbocycles. The number of hydrogen-bond acceptors (Lipinski definition) is 16. The molecule has 1 atom stereocenters. The van der Waals surface area contributed by atoms with Gasteiger partial charge in [0.15, 0.2) is 5.44 Å². The topological polar surface area (TPSA) is 260 Å². The molecule has 0 aliphatic carbocycles. The third-order valence-electron chi connectivity index (χ3n) is 4.11. The van der Waals surface area contributed by atoms with Crippen molar-refractivity contribution in [1.82, 2.24) is 16.0 Å². The minimum atomic E-state index is -3.81. The number of esters is 2. The molecule has 0 heterocycles. The first-order valence-electron chi connectivity index (χ1n) is 12.1. The number of methoxy groups -OCH3 is 3. The smallest absolute Gasteiger partial charge is 0.378 e. The Labute approximate surface area is 282 Å². The first kappa shape index (κ1) is 56.2. The summed E-state index contributed by atoms with van der Waals surface area (Å²) in [7, 11) is 0.303. The fraction of sp³-hybridized carbons (Fsp3) is 0.481. The van der Waals surface area contributed by atoms with Crippen LogP contribution in [-0.4, -0.2) is 91.5 Å². The van der Waals surface area contributed by atoms with Gasteiger partial charge < -0.3 is 53.4 Å². The van der Waals surface area contributed by atoms with Gasteiger partial charge in [-0.25, -0.2) is 9.59 Å². The van der Waals surface area contributed by atoms with Crippen molar-refractivity contribution in [3.05, 3.63) is 48.5 Å². The van der Waals surface area contributed by atoms with Crippen LogP contribution in [0.2, 0.25) is 0 Å². The molecular formula is C27H50N3O16P2-. The van der Waals surface area contributed by atoms with E-state index in [0.717, 1.165) is 49.6 Å². The number of ether oxygens (including phenoxy) is 3. The molecule has 1 unspecified atom stereocenters. The summed E-state index contributed by atoms with van der Waals surface area (Å²) in [5, 5.41) is 17.7. The van der Waals surface area contributed by atoms with Crippen LogP contribution in [0.1, 0.15) is 35.6 Å². The van der Waals surface area contributed by atoms with Gasteiger partial charge >= 0.3 is 27.1 Å². The molecular weight excluding hydrogens is 684 g/mol. The largest absolute Gasteiger partial charge is 0.615 e. The van der Waals surface area contributed by atoms with Crippen molar-refractivity contribution in [2.75, 3.05) is 49.8 Å². The predicted octanol–water partition coefficient (Wildman–Crippen LogP) is 1.86. The Balaban J connectivity index is -0.000000128. The van der Waals surface area contributed by atoms with Gasteiger partial charge in [0.1, 0.15) is 12.0 Å². The second-order valence-corrected chi connectivity index (χ2v) is 11.8. The number of nitrogens with one attached hydrogen (secondary N) is 3. The van der Waals surface area contributed by atoms with E-state index >= 15 is 0 Å². The lowest BCUT2D eigenvalue weighted by Crippen LogP contribution is -2.40. The number of amides is 3. The third kappa shape index (κ3) is 24.1. The maximum absolute atomic E-state index is 11.8. The lowest BCUT2D eigenvalue weighted by Gasteiger charge is -2.22. The number of carbonyl (C=O) groups is 6. The summed E-state index contributed by atoms with van der Waals surface area (Å²) >= 11 is 0. The molecule has 0 saturated heterocycles. The molecule has 19 nitrogen and oxygen atoms in total. The molecule has 0 aromatic carbocycles. The minimum absolute atomic E-state index is 0. The molecule has 0 spiro atoms. The first-order valence-corrected chi connectivity index (χ1v) is 15.3.